The molecule has 0 spiro atoms. The highest BCUT2D eigenvalue weighted by Gasteiger charge is 2.26. The third-order valence-electron chi connectivity index (χ3n) is 5.07. The molecule has 0 amide bonds. The maximum atomic E-state index is 9.50. The van der Waals surface area contributed by atoms with Crippen LogP contribution in [0, 0.1) is 0 Å². The van der Waals surface area contributed by atoms with Crippen LogP contribution in [0.4, 0.5) is 0 Å². The number of ether oxygens (including phenoxy) is 1. The van der Waals surface area contributed by atoms with Gasteiger partial charge in [-0.2, -0.15) is 0 Å². The Morgan fingerprint density at radius 2 is 1.59 bits per heavy atom. The van der Waals surface area contributed by atoms with Crippen molar-refractivity contribution in [2.45, 2.75) is 25.6 Å². The van der Waals surface area contributed by atoms with Crippen LogP contribution in [0.3, 0.4) is 0 Å². The molecular weight excluding hydrogens is 340 g/mol. The van der Waals surface area contributed by atoms with Gasteiger partial charge in [-0.05, 0) is 29.7 Å². The van der Waals surface area contributed by atoms with Crippen molar-refractivity contribution in [2.75, 3.05) is 39.5 Å². The monoisotopic (exact) mass is 370 g/mol. The van der Waals surface area contributed by atoms with Crippen molar-refractivity contribution in [1.82, 2.24) is 9.80 Å². The Balaban J connectivity index is 1.55. The lowest BCUT2D eigenvalue weighted by molar-refractivity contribution is 0.0500. The first-order valence-electron chi connectivity index (χ1n) is 9.72. The van der Waals surface area contributed by atoms with Crippen molar-refractivity contribution < 1.29 is 14.9 Å². The minimum absolute atomic E-state index is 0.0290. The Labute approximate surface area is 161 Å². The first-order chi connectivity index (χ1) is 13.3. The van der Waals surface area contributed by atoms with E-state index in [4.69, 9.17) is 9.84 Å². The fourth-order valence-corrected chi connectivity index (χ4v) is 3.66. The fraction of sp³-hybridized carbons (Fsp3) is 0.455. The topological polar surface area (TPSA) is 56.2 Å². The molecule has 1 saturated heterocycles. The molecule has 1 fully saturated rings. The van der Waals surface area contributed by atoms with Crippen LogP contribution in [0.2, 0.25) is 0 Å². The van der Waals surface area contributed by atoms with Crippen molar-refractivity contribution in [3.8, 4) is 5.75 Å². The van der Waals surface area contributed by atoms with Gasteiger partial charge in [0.25, 0.3) is 0 Å². The number of piperazine rings is 1. The maximum Gasteiger partial charge on any atom is 0.119 e. The second kappa shape index (κ2) is 10.4. The molecule has 2 N–H and O–H groups in total. The second-order valence-corrected chi connectivity index (χ2v) is 7.07. The van der Waals surface area contributed by atoms with Crippen molar-refractivity contribution in [2.24, 2.45) is 0 Å². The zero-order valence-corrected chi connectivity index (χ0v) is 15.8. The predicted molar refractivity (Wildman–Crippen MR) is 107 cm³/mol. The molecule has 146 valence electrons. The molecular formula is C22H30N2O3. The Morgan fingerprint density at radius 3 is 2.30 bits per heavy atom. The average molecular weight is 370 g/mol. The van der Waals surface area contributed by atoms with Crippen LogP contribution in [-0.4, -0.2) is 65.5 Å². The van der Waals surface area contributed by atoms with E-state index in [1.165, 1.54) is 11.1 Å². The summed E-state index contributed by atoms with van der Waals surface area (Å²) in [5, 5.41) is 18.3. The van der Waals surface area contributed by atoms with Gasteiger partial charge in [0.05, 0.1) is 6.61 Å². The molecule has 1 heterocycles. The summed E-state index contributed by atoms with van der Waals surface area (Å²) < 4.78 is 5.42. The van der Waals surface area contributed by atoms with E-state index in [0.29, 0.717) is 12.6 Å². The van der Waals surface area contributed by atoms with Gasteiger partial charge in [0, 0.05) is 45.4 Å². The largest absolute Gasteiger partial charge is 0.491 e. The van der Waals surface area contributed by atoms with E-state index in [0.717, 1.165) is 44.9 Å². The number of benzene rings is 2. The summed E-state index contributed by atoms with van der Waals surface area (Å²) in [7, 11) is 0. The number of nitrogens with zero attached hydrogens (tertiary/aromatic N) is 2. The lowest BCUT2D eigenvalue weighted by Gasteiger charge is -2.41. The molecule has 0 saturated carbocycles. The van der Waals surface area contributed by atoms with Gasteiger partial charge < -0.3 is 14.9 Å². The maximum absolute atomic E-state index is 9.50. The Morgan fingerprint density at radius 1 is 0.852 bits per heavy atom. The zero-order chi connectivity index (χ0) is 18.9. The minimum atomic E-state index is 0.0290. The number of aliphatic hydroxyl groups is 2. The Hall–Kier alpha value is -1.92. The Bertz CT molecular complexity index is 663. The lowest BCUT2D eigenvalue weighted by Crippen LogP contribution is -2.52. The number of rotatable bonds is 9. The van der Waals surface area contributed by atoms with Crippen LogP contribution >= 0.6 is 0 Å². The quantitative estimate of drug-likeness (QED) is 0.708. The molecule has 2 aromatic carbocycles. The van der Waals surface area contributed by atoms with Crippen molar-refractivity contribution in [3.05, 3.63) is 65.7 Å². The van der Waals surface area contributed by atoms with Crippen molar-refractivity contribution in [3.63, 3.8) is 0 Å². The summed E-state index contributed by atoms with van der Waals surface area (Å²) >= 11 is 0. The highest BCUT2D eigenvalue weighted by Crippen LogP contribution is 2.19. The van der Waals surface area contributed by atoms with E-state index in [1.54, 1.807) is 0 Å². The molecule has 1 aliphatic rings. The number of hydrogen-bond acceptors (Lipinski definition) is 5. The van der Waals surface area contributed by atoms with E-state index in [9.17, 15) is 5.11 Å². The van der Waals surface area contributed by atoms with Gasteiger partial charge in [0.15, 0.2) is 0 Å². The average Bonchev–Trinajstić information content (AvgIpc) is 2.70. The minimum Gasteiger partial charge on any atom is -0.491 e. The molecule has 0 aromatic heterocycles. The summed E-state index contributed by atoms with van der Waals surface area (Å²) in [4.78, 5) is 4.96. The van der Waals surface area contributed by atoms with Crippen molar-refractivity contribution in [1.29, 1.82) is 0 Å². The summed E-state index contributed by atoms with van der Waals surface area (Å²) in [6.45, 7) is 5.43. The van der Waals surface area contributed by atoms with Crippen LogP contribution in [0.25, 0.3) is 0 Å². The fourth-order valence-electron chi connectivity index (χ4n) is 3.66. The molecule has 0 radical (unpaired) electrons. The van der Waals surface area contributed by atoms with Crippen LogP contribution in [-0.2, 0) is 13.1 Å². The van der Waals surface area contributed by atoms with Gasteiger partial charge in [0.2, 0.25) is 0 Å². The zero-order valence-electron chi connectivity index (χ0n) is 15.8. The lowest BCUT2D eigenvalue weighted by atomic mass is 10.1. The van der Waals surface area contributed by atoms with Gasteiger partial charge in [-0.15, -0.1) is 0 Å². The molecule has 5 nitrogen and oxygen atoms in total. The predicted octanol–water partition coefficient (Wildman–Crippen LogP) is 2.13. The van der Waals surface area contributed by atoms with E-state index in [1.807, 2.05) is 18.2 Å². The molecule has 27 heavy (non-hydrogen) atoms. The van der Waals surface area contributed by atoms with Gasteiger partial charge >= 0.3 is 0 Å². The highest BCUT2D eigenvalue weighted by molar-refractivity contribution is 5.27. The van der Waals surface area contributed by atoms with Crippen molar-refractivity contribution >= 4 is 0 Å². The molecule has 0 aliphatic carbocycles. The molecule has 1 aliphatic heterocycles. The van der Waals surface area contributed by atoms with Crippen LogP contribution in [0.1, 0.15) is 17.5 Å². The SMILES string of the molecule is OCCOc1ccc(CN2CCN(Cc3ccccc3)[C@@H](CCO)C2)cc1. The summed E-state index contributed by atoms with van der Waals surface area (Å²) in [6.07, 6.45) is 0.803. The van der Waals surface area contributed by atoms with Gasteiger partial charge in [-0.25, -0.2) is 0 Å². The van der Waals surface area contributed by atoms with Gasteiger partial charge in [-0.3, -0.25) is 9.80 Å². The van der Waals surface area contributed by atoms with Crippen LogP contribution in [0.15, 0.2) is 54.6 Å². The summed E-state index contributed by atoms with van der Waals surface area (Å²) in [6, 6.07) is 19.0. The van der Waals surface area contributed by atoms with Crippen LogP contribution in [0.5, 0.6) is 5.75 Å². The third kappa shape index (κ3) is 6.04. The number of hydrogen-bond donors (Lipinski definition) is 2. The second-order valence-electron chi connectivity index (χ2n) is 7.07. The normalized spacial score (nSPS) is 18.5. The number of aliphatic hydroxyl groups excluding tert-OH is 2. The molecule has 1 atom stereocenters. The molecule has 0 bridgehead atoms. The summed E-state index contributed by atoms with van der Waals surface area (Å²) in [5.41, 5.74) is 2.58. The molecule has 5 heteroatoms. The van der Waals surface area contributed by atoms with E-state index < -0.39 is 0 Å². The standard InChI is InChI=1S/C22H30N2O3/c25-13-10-21-18-23(11-12-24(21)17-19-4-2-1-3-5-19)16-20-6-8-22(9-7-20)27-15-14-26/h1-9,21,25-26H,10-18H2/t21-/m0/s1. The van der Waals surface area contributed by atoms with Gasteiger partial charge in [0.1, 0.15) is 12.4 Å². The van der Waals surface area contributed by atoms with Gasteiger partial charge in [-0.1, -0.05) is 42.5 Å². The van der Waals surface area contributed by atoms with E-state index in [-0.39, 0.29) is 13.2 Å². The van der Waals surface area contributed by atoms with E-state index >= 15 is 0 Å². The first-order valence-corrected chi connectivity index (χ1v) is 9.72. The Kier molecular flexibility index (Phi) is 7.66. The molecule has 2 aromatic rings. The van der Waals surface area contributed by atoms with E-state index in [2.05, 4.69) is 46.2 Å². The summed E-state index contributed by atoms with van der Waals surface area (Å²) in [5.74, 6) is 0.790. The van der Waals surface area contributed by atoms with Crippen LogP contribution < -0.4 is 4.74 Å². The molecule has 0 unspecified atom stereocenters. The highest BCUT2D eigenvalue weighted by atomic mass is 16.5. The third-order valence-corrected chi connectivity index (χ3v) is 5.07. The first kappa shape index (κ1) is 19.8. The smallest absolute Gasteiger partial charge is 0.119 e. The molecule has 3 rings (SSSR count).